The Morgan fingerprint density at radius 2 is 1.88 bits per heavy atom. The van der Waals surface area contributed by atoms with Gasteiger partial charge in [-0.3, -0.25) is 0 Å². The molecule has 0 aliphatic rings. The van der Waals surface area contributed by atoms with Gasteiger partial charge in [0.15, 0.2) is 0 Å². The molecular formula is C14H14ClNS. The van der Waals surface area contributed by atoms with Gasteiger partial charge in [-0.1, -0.05) is 47.6 Å². The maximum Gasteiger partial charge on any atom is 0.0417 e. The van der Waals surface area contributed by atoms with Crippen molar-refractivity contribution in [3.05, 3.63) is 58.6 Å². The van der Waals surface area contributed by atoms with Gasteiger partial charge in [-0.25, -0.2) is 0 Å². The summed E-state index contributed by atoms with van der Waals surface area (Å²) in [5, 5.41) is 0.748. The summed E-state index contributed by atoms with van der Waals surface area (Å²) in [6.07, 6.45) is 0. The molecule has 3 heteroatoms. The number of benzene rings is 2. The van der Waals surface area contributed by atoms with Crippen LogP contribution < -0.4 is 5.73 Å². The molecular weight excluding hydrogens is 250 g/mol. The number of rotatable bonds is 3. The third-order valence-corrected chi connectivity index (χ3v) is 4.08. The number of hydrogen-bond donors (Lipinski definition) is 1. The molecule has 0 radical (unpaired) electrons. The van der Waals surface area contributed by atoms with E-state index in [0.717, 1.165) is 15.5 Å². The van der Waals surface area contributed by atoms with Crippen molar-refractivity contribution in [1.29, 1.82) is 0 Å². The standard InChI is InChI=1S/C14H14ClNS/c1-10-4-2-3-5-13(10)17-14-8-12(15)7-6-11(14)9-16/h2-8H,9,16H2,1H3. The highest BCUT2D eigenvalue weighted by atomic mass is 35.5. The number of aryl methyl sites for hydroxylation is 1. The average Bonchev–Trinajstić information content (AvgIpc) is 2.32. The monoisotopic (exact) mass is 263 g/mol. The van der Waals surface area contributed by atoms with E-state index < -0.39 is 0 Å². The van der Waals surface area contributed by atoms with Crippen LogP contribution in [0.4, 0.5) is 0 Å². The van der Waals surface area contributed by atoms with Crippen molar-refractivity contribution in [2.45, 2.75) is 23.3 Å². The molecule has 2 aromatic rings. The highest BCUT2D eigenvalue weighted by Crippen LogP contribution is 2.33. The molecule has 0 heterocycles. The van der Waals surface area contributed by atoms with Gasteiger partial charge in [0.05, 0.1) is 0 Å². The van der Waals surface area contributed by atoms with Gasteiger partial charge in [-0.2, -0.15) is 0 Å². The molecule has 88 valence electrons. The Balaban J connectivity index is 2.35. The van der Waals surface area contributed by atoms with E-state index in [1.807, 2.05) is 30.3 Å². The van der Waals surface area contributed by atoms with Crippen molar-refractivity contribution in [1.82, 2.24) is 0 Å². The van der Waals surface area contributed by atoms with Crippen molar-refractivity contribution in [2.75, 3.05) is 0 Å². The van der Waals surface area contributed by atoms with Crippen molar-refractivity contribution in [3.8, 4) is 0 Å². The van der Waals surface area contributed by atoms with Crippen LogP contribution in [0.3, 0.4) is 0 Å². The van der Waals surface area contributed by atoms with Crippen LogP contribution in [-0.2, 0) is 6.54 Å². The zero-order chi connectivity index (χ0) is 12.3. The fourth-order valence-electron chi connectivity index (χ4n) is 1.58. The minimum atomic E-state index is 0.533. The Hall–Kier alpha value is -0.960. The Morgan fingerprint density at radius 1 is 1.12 bits per heavy atom. The first kappa shape index (κ1) is 12.5. The lowest BCUT2D eigenvalue weighted by Crippen LogP contribution is -1.98. The molecule has 0 amide bonds. The van der Waals surface area contributed by atoms with Crippen LogP contribution in [0.5, 0.6) is 0 Å². The lowest BCUT2D eigenvalue weighted by Gasteiger charge is -2.09. The molecule has 0 bridgehead atoms. The highest BCUT2D eigenvalue weighted by molar-refractivity contribution is 7.99. The van der Waals surface area contributed by atoms with E-state index in [2.05, 4.69) is 19.1 Å². The summed E-state index contributed by atoms with van der Waals surface area (Å²) in [7, 11) is 0. The molecule has 0 aromatic heterocycles. The van der Waals surface area contributed by atoms with Crippen LogP contribution in [0, 0.1) is 6.92 Å². The van der Waals surface area contributed by atoms with Crippen LogP contribution in [0.25, 0.3) is 0 Å². The van der Waals surface area contributed by atoms with E-state index in [4.69, 9.17) is 17.3 Å². The van der Waals surface area contributed by atoms with Gasteiger partial charge < -0.3 is 5.73 Å². The van der Waals surface area contributed by atoms with E-state index in [1.54, 1.807) is 11.8 Å². The first-order valence-corrected chi connectivity index (χ1v) is 6.62. The molecule has 0 aliphatic carbocycles. The summed E-state index contributed by atoms with van der Waals surface area (Å²) >= 11 is 7.74. The fraction of sp³-hybridized carbons (Fsp3) is 0.143. The summed E-state index contributed by atoms with van der Waals surface area (Å²) in [5.74, 6) is 0. The van der Waals surface area contributed by atoms with Crippen molar-refractivity contribution in [2.24, 2.45) is 5.73 Å². The molecule has 2 aromatic carbocycles. The summed E-state index contributed by atoms with van der Waals surface area (Å²) < 4.78 is 0. The average molecular weight is 264 g/mol. The predicted octanol–water partition coefficient (Wildman–Crippen LogP) is 4.26. The molecule has 2 N–H and O–H groups in total. The number of halogens is 1. The lowest BCUT2D eigenvalue weighted by atomic mass is 10.2. The van der Waals surface area contributed by atoms with E-state index in [0.29, 0.717) is 6.54 Å². The number of hydrogen-bond acceptors (Lipinski definition) is 2. The molecule has 1 nitrogen and oxygen atoms in total. The molecule has 0 unspecified atom stereocenters. The van der Waals surface area contributed by atoms with Gasteiger partial charge >= 0.3 is 0 Å². The second-order valence-corrected chi connectivity index (χ2v) is 5.34. The maximum atomic E-state index is 6.03. The first-order chi connectivity index (χ1) is 8.20. The largest absolute Gasteiger partial charge is 0.326 e. The van der Waals surface area contributed by atoms with Gasteiger partial charge in [0, 0.05) is 21.4 Å². The SMILES string of the molecule is Cc1ccccc1Sc1cc(Cl)ccc1CN. The second-order valence-electron chi connectivity index (χ2n) is 3.82. The van der Waals surface area contributed by atoms with Crippen LogP contribution in [0.1, 0.15) is 11.1 Å². The van der Waals surface area contributed by atoms with Crippen LogP contribution in [-0.4, -0.2) is 0 Å². The van der Waals surface area contributed by atoms with Gasteiger partial charge in [0.1, 0.15) is 0 Å². The quantitative estimate of drug-likeness (QED) is 0.896. The number of nitrogens with two attached hydrogens (primary N) is 1. The predicted molar refractivity (Wildman–Crippen MR) is 74.6 cm³/mol. The summed E-state index contributed by atoms with van der Waals surface area (Å²) in [5.41, 5.74) is 8.13. The summed E-state index contributed by atoms with van der Waals surface area (Å²) in [6.45, 7) is 2.64. The van der Waals surface area contributed by atoms with Crippen LogP contribution in [0.15, 0.2) is 52.3 Å². The van der Waals surface area contributed by atoms with Gasteiger partial charge in [-0.15, -0.1) is 0 Å². The Labute approximate surface area is 111 Å². The molecule has 0 spiro atoms. The van der Waals surface area contributed by atoms with Gasteiger partial charge in [0.2, 0.25) is 0 Å². The third kappa shape index (κ3) is 3.03. The van der Waals surface area contributed by atoms with E-state index in [1.165, 1.54) is 10.5 Å². The van der Waals surface area contributed by atoms with Crippen LogP contribution >= 0.6 is 23.4 Å². The third-order valence-electron chi connectivity index (χ3n) is 2.56. The van der Waals surface area contributed by atoms with Gasteiger partial charge in [-0.05, 0) is 36.2 Å². The van der Waals surface area contributed by atoms with Crippen molar-refractivity contribution in [3.63, 3.8) is 0 Å². The molecule has 0 saturated heterocycles. The Kier molecular flexibility index (Phi) is 4.11. The zero-order valence-corrected chi connectivity index (χ0v) is 11.2. The molecule has 0 fully saturated rings. The Morgan fingerprint density at radius 3 is 2.59 bits per heavy atom. The molecule has 0 saturated carbocycles. The van der Waals surface area contributed by atoms with Crippen LogP contribution in [0.2, 0.25) is 5.02 Å². The minimum absolute atomic E-state index is 0.533. The van der Waals surface area contributed by atoms with E-state index >= 15 is 0 Å². The molecule has 17 heavy (non-hydrogen) atoms. The fourth-order valence-corrected chi connectivity index (χ4v) is 2.90. The molecule has 2 rings (SSSR count). The first-order valence-electron chi connectivity index (χ1n) is 5.42. The normalized spacial score (nSPS) is 10.5. The van der Waals surface area contributed by atoms with E-state index in [9.17, 15) is 0 Å². The molecule has 0 aliphatic heterocycles. The summed E-state index contributed by atoms with van der Waals surface area (Å²) in [6, 6.07) is 14.1. The topological polar surface area (TPSA) is 26.0 Å². The van der Waals surface area contributed by atoms with Crippen molar-refractivity contribution >= 4 is 23.4 Å². The van der Waals surface area contributed by atoms with Gasteiger partial charge in [0.25, 0.3) is 0 Å². The highest BCUT2D eigenvalue weighted by Gasteiger charge is 2.06. The lowest BCUT2D eigenvalue weighted by molar-refractivity contribution is 1.03. The van der Waals surface area contributed by atoms with Crippen molar-refractivity contribution < 1.29 is 0 Å². The minimum Gasteiger partial charge on any atom is -0.326 e. The Bertz CT molecular complexity index is 525. The maximum absolute atomic E-state index is 6.03. The summed E-state index contributed by atoms with van der Waals surface area (Å²) in [4.78, 5) is 2.37. The van der Waals surface area contributed by atoms with E-state index in [-0.39, 0.29) is 0 Å². The zero-order valence-electron chi connectivity index (χ0n) is 9.61. The smallest absolute Gasteiger partial charge is 0.0417 e. The molecule has 0 atom stereocenters. The second kappa shape index (κ2) is 5.58.